The molecule has 150 valence electrons. The molecule has 2 heterocycles. The van der Waals surface area contributed by atoms with Gasteiger partial charge in [0.2, 0.25) is 5.91 Å². The Bertz CT molecular complexity index is 1010. The van der Waals surface area contributed by atoms with Crippen LogP contribution in [0.5, 0.6) is 0 Å². The molecule has 3 aromatic rings. The highest BCUT2D eigenvalue weighted by molar-refractivity contribution is 7.21. The molecule has 5 nitrogen and oxygen atoms in total. The van der Waals surface area contributed by atoms with Gasteiger partial charge in [-0.3, -0.25) is 14.5 Å². The highest BCUT2D eigenvalue weighted by Gasteiger charge is 2.24. The van der Waals surface area contributed by atoms with Crippen molar-refractivity contribution >= 4 is 38.9 Å². The van der Waals surface area contributed by atoms with Gasteiger partial charge in [0.15, 0.2) is 0 Å². The van der Waals surface area contributed by atoms with Crippen LogP contribution < -0.4 is 10.6 Å². The molecule has 6 heteroatoms. The van der Waals surface area contributed by atoms with Crippen molar-refractivity contribution in [2.24, 2.45) is 0 Å². The average Bonchev–Trinajstić information content (AvgIpc) is 3.07. The Hall–Kier alpha value is -2.70. The molecule has 0 radical (unpaired) electrons. The van der Waals surface area contributed by atoms with Crippen LogP contribution in [0.15, 0.2) is 54.6 Å². The Kier molecular flexibility index (Phi) is 5.92. The van der Waals surface area contributed by atoms with E-state index in [1.165, 1.54) is 0 Å². The van der Waals surface area contributed by atoms with Gasteiger partial charge < -0.3 is 10.6 Å². The van der Waals surface area contributed by atoms with Gasteiger partial charge in [-0.1, -0.05) is 36.4 Å². The average molecular weight is 408 g/mol. The summed E-state index contributed by atoms with van der Waals surface area (Å²) in [7, 11) is 0. The van der Waals surface area contributed by atoms with Crippen molar-refractivity contribution in [3.8, 4) is 0 Å². The third-order valence-electron chi connectivity index (χ3n) is 5.40. The molecule has 2 amide bonds. The number of para-hydroxylation sites is 1. The van der Waals surface area contributed by atoms with Crippen LogP contribution >= 0.6 is 11.3 Å². The number of piperidine rings is 1. The van der Waals surface area contributed by atoms with Gasteiger partial charge in [0.25, 0.3) is 5.91 Å². The zero-order valence-electron chi connectivity index (χ0n) is 16.5. The summed E-state index contributed by atoms with van der Waals surface area (Å²) in [6.07, 6.45) is 1.71. The van der Waals surface area contributed by atoms with E-state index in [4.69, 9.17) is 0 Å². The van der Waals surface area contributed by atoms with E-state index in [9.17, 15) is 9.59 Å². The number of benzene rings is 2. The predicted octanol–water partition coefficient (Wildman–Crippen LogP) is 4.04. The summed E-state index contributed by atoms with van der Waals surface area (Å²) in [6.45, 7) is 4.00. The molecule has 1 aromatic heterocycles. The standard InChI is InChI=1S/C23H25N3O2S/c1-16-19-9-5-6-10-20(19)29-22(16)23(28)25-18-11-13-26(14-12-18)15-21(27)24-17-7-3-2-4-8-17/h2-10,18H,11-15H2,1H3,(H,24,27)(H,25,28). The molecular formula is C23H25N3O2S. The van der Waals surface area contributed by atoms with Crippen LogP contribution in [0.4, 0.5) is 5.69 Å². The van der Waals surface area contributed by atoms with Gasteiger partial charge in [-0.15, -0.1) is 11.3 Å². The molecule has 0 bridgehead atoms. The second-order valence-corrected chi connectivity index (χ2v) is 8.54. The van der Waals surface area contributed by atoms with Crippen molar-refractivity contribution < 1.29 is 9.59 Å². The SMILES string of the molecule is Cc1c(C(=O)NC2CCN(CC(=O)Nc3ccccc3)CC2)sc2ccccc12. The minimum Gasteiger partial charge on any atom is -0.349 e. The molecule has 0 atom stereocenters. The minimum atomic E-state index is -0.000383. The summed E-state index contributed by atoms with van der Waals surface area (Å²) >= 11 is 1.56. The van der Waals surface area contributed by atoms with Crippen LogP contribution in [0.25, 0.3) is 10.1 Å². The summed E-state index contributed by atoms with van der Waals surface area (Å²) in [6, 6.07) is 17.8. The van der Waals surface area contributed by atoms with Crippen molar-refractivity contribution in [1.82, 2.24) is 10.2 Å². The van der Waals surface area contributed by atoms with E-state index in [0.717, 1.165) is 52.1 Å². The number of carbonyl (C=O) groups excluding carboxylic acids is 2. The minimum absolute atomic E-state index is 0.000383. The van der Waals surface area contributed by atoms with Gasteiger partial charge in [0.05, 0.1) is 11.4 Å². The number of rotatable bonds is 5. The van der Waals surface area contributed by atoms with Crippen LogP contribution in [0, 0.1) is 6.92 Å². The Balaban J connectivity index is 1.27. The number of nitrogens with zero attached hydrogens (tertiary/aromatic N) is 1. The third-order valence-corrected chi connectivity index (χ3v) is 6.67. The second kappa shape index (κ2) is 8.76. The molecule has 4 rings (SSSR count). The zero-order chi connectivity index (χ0) is 20.2. The van der Waals surface area contributed by atoms with Gasteiger partial charge in [0, 0.05) is 29.5 Å². The maximum absolute atomic E-state index is 12.8. The Morgan fingerprint density at radius 1 is 1.03 bits per heavy atom. The van der Waals surface area contributed by atoms with Crippen LogP contribution in [-0.4, -0.2) is 42.4 Å². The maximum Gasteiger partial charge on any atom is 0.261 e. The maximum atomic E-state index is 12.8. The number of likely N-dealkylation sites (tertiary alicyclic amines) is 1. The molecule has 0 aliphatic carbocycles. The summed E-state index contributed by atoms with van der Waals surface area (Å²) in [5.41, 5.74) is 1.87. The van der Waals surface area contributed by atoms with Gasteiger partial charge in [-0.2, -0.15) is 0 Å². The quantitative estimate of drug-likeness (QED) is 0.671. The highest BCUT2D eigenvalue weighted by Crippen LogP contribution is 2.30. The van der Waals surface area contributed by atoms with Crippen LogP contribution in [0.3, 0.4) is 0 Å². The first-order valence-electron chi connectivity index (χ1n) is 9.96. The molecule has 0 saturated carbocycles. The van der Waals surface area contributed by atoms with E-state index in [0.29, 0.717) is 6.54 Å². The Labute approximate surface area is 174 Å². The molecule has 29 heavy (non-hydrogen) atoms. The topological polar surface area (TPSA) is 61.4 Å². The fourth-order valence-electron chi connectivity index (χ4n) is 3.80. The van der Waals surface area contributed by atoms with Crippen molar-refractivity contribution in [3.05, 3.63) is 65.0 Å². The van der Waals surface area contributed by atoms with E-state index in [2.05, 4.69) is 27.7 Å². The molecule has 1 saturated heterocycles. The summed E-state index contributed by atoms with van der Waals surface area (Å²) < 4.78 is 1.15. The molecule has 2 N–H and O–H groups in total. The number of aryl methyl sites for hydroxylation is 1. The van der Waals surface area contributed by atoms with E-state index in [1.54, 1.807) is 11.3 Å². The molecular weight excluding hydrogens is 382 g/mol. The number of hydrogen-bond acceptors (Lipinski definition) is 4. The number of amides is 2. The first-order valence-corrected chi connectivity index (χ1v) is 10.8. The fraction of sp³-hybridized carbons (Fsp3) is 0.304. The van der Waals surface area contributed by atoms with Gasteiger partial charge >= 0.3 is 0 Å². The summed E-state index contributed by atoms with van der Waals surface area (Å²) in [5, 5.41) is 7.27. The molecule has 1 aliphatic heterocycles. The largest absolute Gasteiger partial charge is 0.349 e. The molecule has 0 unspecified atom stereocenters. The fourth-order valence-corrected chi connectivity index (χ4v) is 4.91. The smallest absolute Gasteiger partial charge is 0.261 e. The van der Waals surface area contributed by atoms with Crippen LogP contribution in [0.2, 0.25) is 0 Å². The summed E-state index contributed by atoms with van der Waals surface area (Å²) in [5.74, 6) is 0.0172. The Morgan fingerprint density at radius 3 is 2.45 bits per heavy atom. The first kappa shape index (κ1) is 19.6. The van der Waals surface area contributed by atoms with E-state index < -0.39 is 0 Å². The zero-order valence-corrected chi connectivity index (χ0v) is 17.3. The lowest BCUT2D eigenvalue weighted by molar-refractivity contribution is -0.117. The number of fused-ring (bicyclic) bond motifs is 1. The molecule has 1 aliphatic rings. The van der Waals surface area contributed by atoms with Gasteiger partial charge in [0.1, 0.15) is 0 Å². The monoisotopic (exact) mass is 407 g/mol. The molecule has 0 spiro atoms. The lowest BCUT2D eigenvalue weighted by Gasteiger charge is -2.31. The number of thiophene rings is 1. The number of nitrogens with one attached hydrogen (secondary N) is 2. The number of hydrogen-bond donors (Lipinski definition) is 2. The van der Waals surface area contributed by atoms with Crippen molar-refractivity contribution in [1.29, 1.82) is 0 Å². The van der Waals surface area contributed by atoms with Gasteiger partial charge in [-0.05, 0) is 48.9 Å². The molecule has 2 aromatic carbocycles. The lowest BCUT2D eigenvalue weighted by Crippen LogP contribution is -2.46. The van der Waals surface area contributed by atoms with E-state index in [-0.39, 0.29) is 17.9 Å². The second-order valence-electron chi connectivity index (χ2n) is 7.49. The third kappa shape index (κ3) is 4.66. The van der Waals surface area contributed by atoms with Crippen molar-refractivity contribution in [2.75, 3.05) is 25.0 Å². The van der Waals surface area contributed by atoms with Gasteiger partial charge in [-0.25, -0.2) is 0 Å². The van der Waals surface area contributed by atoms with Crippen molar-refractivity contribution in [2.45, 2.75) is 25.8 Å². The normalized spacial score (nSPS) is 15.3. The predicted molar refractivity (Wildman–Crippen MR) is 119 cm³/mol. The first-order chi connectivity index (χ1) is 14.1. The lowest BCUT2D eigenvalue weighted by atomic mass is 10.0. The number of carbonyl (C=O) groups is 2. The summed E-state index contributed by atoms with van der Waals surface area (Å²) in [4.78, 5) is 28.0. The molecule has 1 fully saturated rings. The van der Waals surface area contributed by atoms with E-state index in [1.807, 2.05) is 49.4 Å². The number of anilines is 1. The Morgan fingerprint density at radius 2 is 1.72 bits per heavy atom. The van der Waals surface area contributed by atoms with Crippen LogP contribution in [0.1, 0.15) is 28.1 Å². The van der Waals surface area contributed by atoms with E-state index >= 15 is 0 Å². The van der Waals surface area contributed by atoms with Crippen molar-refractivity contribution in [3.63, 3.8) is 0 Å². The highest BCUT2D eigenvalue weighted by atomic mass is 32.1. The van der Waals surface area contributed by atoms with Crippen LogP contribution in [-0.2, 0) is 4.79 Å².